The van der Waals surface area contributed by atoms with Crippen LogP contribution in [0.25, 0.3) is 23.0 Å². The van der Waals surface area contributed by atoms with Crippen LogP contribution in [-0.2, 0) is 235 Å². The van der Waals surface area contributed by atoms with Gasteiger partial charge >= 0.3 is 5.97 Å². The van der Waals surface area contributed by atoms with Crippen LogP contribution in [0, 0.1) is 11.6 Å². The Labute approximate surface area is 581 Å². The van der Waals surface area contributed by atoms with Gasteiger partial charge in [0, 0.05) is 265 Å². The number of halogens is 2. The lowest BCUT2D eigenvalue weighted by Crippen LogP contribution is -2.41. The van der Waals surface area contributed by atoms with E-state index in [0.717, 1.165) is 36.5 Å². The molecule has 44 heteroatoms. The Bertz CT molecular complexity index is 4930. The van der Waals surface area contributed by atoms with E-state index < -0.39 is 23.5 Å². The Kier molecular flexibility index (Phi) is 34.1. The van der Waals surface area contributed by atoms with Crippen LogP contribution in [0.1, 0.15) is 80.8 Å². The van der Waals surface area contributed by atoms with Crippen molar-refractivity contribution < 1.29 is 23.5 Å². The first-order chi connectivity index (χ1) is 43.8. The second kappa shape index (κ2) is 41.4. The summed E-state index contributed by atoms with van der Waals surface area (Å²) in [7, 11) is 36.3. The summed E-state index contributed by atoms with van der Waals surface area (Å²) < 4.78 is 31.9. The minimum Gasteiger partial charge on any atom is -0.478 e. The molecule has 478 valence electrons. The minimum atomic E-state index is -1.32. The van der Waals surface area contributed by atoms with E-state index in [2.05, 4.69) is 67.6 Å². The molecule has 10 rings (SSSR count). The van der Waals surface area contributed by atoms with Crippen molar-refractivity contribution in [3.8, 4) is 23.0 Å². The Morgan fingerprint density at radius 2 is 0.989 bits per heavy atom. The van der Waals surface area contributed by atoms with Crippen molar-refractivity contribution in [3.05, 3.63) is 187 Å². The monoisotopic (exact) mass is 1640 g/mol. The summed E-state index contributed by atoms with van der Waals surface area (Å²) in [4.78, 5) is 56.3. The zero-order valence-electron chi connectivity index (χ0n) is 45.4. The standard InChI is InChI=1S/C23H20FN7O2.C12H9FN2O3.C11H13N5.S23/c1-14-12-30(13-20-27-29-22(31(14)20)19-4-2-3-9-25-19)23(33)17-11-15(5-7-18(17)24)10-16-6-8-21(32)28-26-16;13-10-3-1-7(6-9(10)12(17)18)5-8-2-4-11(16)15-14-8;1-8-6-12-7-10-14-15-11(16(8)10)9-4-2-3-5-13-9;1-3-5-7-9-11-13-15-17-19-21-23-22-20-18-16-14-12-10-8-6-4-2/h2-9,11,14H,10,12-13H2,1H3,(H,28,32);1-4,6H,5H2,(H,15,16)(H,17,18);2-5,8,12H,6-7H2,1H3;. The van der Waals surface area contributed by atoms with Gasteiger partial charge in [0.1, 0.15) is 28.8 Å². The number of pyridine rings is 2. The first-order valence-corrected chi connectivity index (χ1v) is 54.0. The summed E-state index contributed by atoms with van der Waals surface area (Å²) in [6.45, 7) is 6.46. The first kappa shape index (κ1) is 74.0. The van der Waals surface area contributed by atoms with Crippen LogP contribution in [0.15, 0.2) is 119 Å². The summed E-state index contributed by atoms with van der Waals surface area (Å²) in [6.07, 6.45) is 4.15. The van der Waals surface area contributed by atoms with Crippen LogP contribution in [-0.4, -0.2) is 94.9 Å². The maximum Gasteiger partial charge on any atom is 0.338 e. The lowest BCUT2D eigenvalue weighted by Gasteiger charge is -2.32. The zero-order chi connectivity index (χ0) is 63.9. The maximum atomic E-state index is 14.6. The average molecular weight is 1650 g/mol. The number of H-pyrrole nitrogens is 2. The SMILES string of the molecule is CC1CN(C(=O)c2cc(Cc3ccc(=O)[nH]n3)ccc2F)Cc2nnc(-c3ccccn3)n21.CC1CNCc2nnc(-c3ccccn3)n21.O=C(O)c1cc(Cc2ccc(=O)[nH]n2)ccc1F.S=S=S=S=S=S=S=S=S=S=S=S=S=S=S=S=S=S=S=S=S=S=S. The molecule has 2 aliphatic heterocycles. The molecule has 0 radical (unpaired) electrons. The quantitative estimate of drug-likeness (QED) is 0.163. The Hall–Kier alpha value is -3.40. The van der Waals surface area contributed by atoms with Crippen LogP contribution < -0.4 is 16.4 Å². The van der Waals surface area contributed by atoms with Gasteiger partial charge in [-0.3, -0.25) is 24.4 Å². The topological polar surface area (TPSA) is 248 Å². The summed E-state index contributed by atoms with van der Waals surface area (Å²) >= 11 is 9.54. The van der Waals surface area contributed by atoms with Crippen LogP contribution in [0.4, 0.5) is 8.78 Å². The number of carboxylic acid groups (broad SMARTS) is 1. The van der Waals surface area contributed by atoms with E-state index in [9.17, 15) is 28.0 Å². The number of benzene rings is 2. The number of aromatic amines is 2. The largest absolute Gasteiger partial charge is 0.478 e. The lowest BCUT2D eigenvalue weighted by molar-refractivity contribution is 0.0673. The molecular weight excluding hydrogens is 1600 g/mol. The van der Waals surface area contributed by atoms with Crippen LogP contribution in [0.2, 0.25) is 0 Å². The van der Waals surface area contributed by atoms with Crippen molar-refractivity contribution >= 4 is 221 Å². The van der Waals surface area contributed by atoms with Gasteiger partial charge in [-0.2, -0.15) is 10.2 Å². The smallest absolute Gasteiger partial charge is 0.338 e. The Morgan fingerprint density at radius 3 is 1.41 bits per heavy atom. The number of hydrogen-bond donors (Lipinski definition) is 4. The number of hydrogen-bond acceptors (Lipinski definition) is 15. The predicted octanol–water partition coefficient (Wildman–Crippen LogP) is 4.52. The number of carbonyl (C=O) groups excluding carboxylic acids is 1. The number of nitrogens with one attached hydrogen (secondary N) is 3. The van der Waals surface area contributed by atoms with Crippen molar-refractivity contribution in [1.29, 1.82) is 0 Å². The molecule has 19 nitrogen and oxygen atoms in total. The number of carboxylic acids is 1. The van der Waals surface area contributed by atoms with E-state index in [1.165, 1.54) is 60.2 Å². The van der Waals surface area contributed by atoms with Gasteiger partial charge in [-0.15, -0.1) is 20.4 Å². The van der Waals surface area contributed by atoms with E-state index in [1.54, 1.807) is 172 Å². The highest BCUT2D eigenvalue weighted by molar-refractivity contribution is 8.78. The fraction of sp³-hybridized carbons (Fsp3) is 0.217. The predicted molar refractivity (Wildman–Crippen MR) is 407 cm³/mol. The number of nitrogens with zero attached hydrogens (tertiary/aromatic N) is 11. The number of rotatable bonds is 8. The molecule has 2 unspecified atom stereocenters. The van der Waals surface area contributed by atoms with Gasteiger partial charge in [0.2, 0.25) is 0 Å². The van der Waals surface area contributed by atoms with Gasteiger partial charge in [-0.25, -0.2) is 23.8 Å². The molecule has 8 heterocycles. The highest BCUT2D eigenvalue weighted by atomic mass is 33.5. The van der Waals surface area contributed by atoms with Gasteiger partial charge in [0.05, 0.1) is 41.6 Å². The molecule has 1 amide bonds. The average Bonchev–Trinajstić information content (AvgIpc) is 1.91. The number of amides is 1. The molecule has 2 atom stereocenters. The molecule has 0 fully saturated rings. The molecule has 0 aliphatic carbocycles. The van der Waals surface area contributed by atoms with Crippen LogP contribution >= 0.6 is 0 Å². The van der Waals surface area contributed by atoms with E-state index in [1.807, 2.05) is 74.5 Å². The Balaban J connectivity index is 0.000000178. The van der Waals surface area contributed by atoms with Crippen molar-refractivity contribution in [3.63, 3.8) is 0 Å². The molecule has 2 aliphatic rings. The third-order valence-corrected chi connectivity index (χ3v) is 55.8. The fourth-order valence-corrected chi connectivity index (χ4v) is 60.0. The van der Waals surface area contributed by atoms with Crippen LogP contribution in [0.3, 0.4) is 0 Å². The number of aromatic carboxylic acids is 1. The number of carbonyl (C=O) groups is 2. The second-order valence-corrected chi connectivity index (χ2v) is 54.3. The molecule has 0 spiro atoms. The lowest BCUT2D eigenvalue weighted by atomic mass is 10.0. The highest BCUT2D eigenvalue weighted by Crippen LogP contribution is 2.28. The van der Waals surface area contributed by atoms with Gasteiger partial charge in [-0.05, 0) is 85.6 Å². The third kappa shape index (κ3) is 24.7. The summed E-state index contributed by atoms with van der Waals surface area (Å²) in [6, 6.07) is 25.8. The Morgan fingerprint density at radius 1 is 0.556 bits per heavy atom. The van der Waals surface area contributed by atoms with E-state index in [4.69, 9.17) is 27.5 Å². The van der Waals surface area contributed by atoms with Gasteiger partial charge < -0.3 is 24.5 Å². The molecule has 0 saturated carbocycles. The zero-order valence-corrected chi connectivity index (χ0v) is 64.2. The molecule has 6 aromatic heterocycles. The summed E-state index contributed by atoms with van der Waals surface area (Å²) in [5.41, 5.74) is 3.08. The second-order valence-electron chi connectivity index (χ2n) is 17.1. The first-order valence-electron chi connectivity index (χ1n) is 24.7. The minimum absolute atomic E-state index is 0.0120. The third-order valence-electron chi connectivity index (χ3n) is 11.4. The fourth-order valence-electron chi connectivity index (χ4n) is 7.86. The molecular formula is C46H42F2N14O5S23. The van der Waals surface area contributed by atoms with Gasteiger partial charge in [0.25, 0.3) is 17.0 Å². The van der Waals surface area contributed by atoms with Crippen molar-refractivity contribution in [2.45, 2.75) is 51.9 Å². The van der Waals surface area contributed by atoms with Crippen molar-refractivity contribution in [2.75, 3.05) is 13.1 Å². The highest BCUT2D eigenvalue weighted by Gasteiger charge is 2.32. The van der Waals surface area contributed by atoms with Crippen LogP contribution in [0.5, 0.6) is 0 Å². The van der Waals surface area contributed by atoms with Crippen molar-refractivity contribution in [1.82, 2.24) is 70.1 Å². The molecule has 0 saturated heterocycles. The molecule has 2 aromatic carbocycles. The van der Waals surface area contributed by atoms with Crippen molar-refractivity contribution in [2.24, 2.45) is 0 Å². The van der Waals surface area contributed by atoms with E-state index in [0.29, 0.717) is 65.3 Å². The molecule has 8 aromatic rings. The van der Waals surface area contributed by atoms with E-state index >= 15 is 0 Å². The molecule has 0 bridgehead atoms. The number of fused-ring (bicyclic) bond motifs is 2. The van der Waals surface area contributed by atoms with Gasteiger partial charge in [-0.1, -0.05) is 24.3 Å². The summed E-state index contributed by atoms with van der Waals surface area (Å²) in [5.74, 6) is 0.0216. The van der Waals surface area contributed by atoms with Gasteiger partial charge in [0.15, 0.2) is 17.5 Å². The molecule has 4 N–H and O–H groups in total. The number of aromatic nitrogens is 12. The summed E-state index contributed by atoms with van der Waals surface area (Å²) in [5, 5.41) is 41.5. The normalized spacial score (nSPS) is 13.0. The van der Waals surface area contributed by atoms with E-state index in [-0.39, 0.29) is 34.8 Å². The maximum absolute atomic E-state index is 14.6. The molecule has 90 heavy (non-hydrogen) atoms.